The van der Waals surface area contributed by atoms with E-state index in [2.05, 4.69) is 144 Å². The lowest BCUT2D eigenvalue weighted by Gasteiger charge is -2.26. The number of aromatic nitrogens is 3. The first-order valence-corrected chi connectivity index (χ1v) is 20.1. The molecule has 0 fully saturated rings. The molecule has 0 N–H and O–H groups in total. The minimum absolute atomic E-state index is 0.590. The summed E-state index contributed by atoms with van der Waals surface area (Å²) in [7, 11) is 0. The van der Waals surface area contributed by atoms with Gasteiger partial charge in [-0.15, -0.1) is 0 Å². The van der Waals surface area contributed by atoms with Crippen molar-refractivity contribution in [3.8, 4) is 56.4 Å². The summed E-state index contributed by atoms with van der Waals surface area (Å²) in [5, 5.41) is 4.41. The highest BCUT2D eigenvalue weighted by Crippen LogP contribution is 2.42. The van der Waals surface area contributed by atoms with Gasteiger partial charge in [0.15, 0.2) is 17.5 Å². The molecule has 9 aromatic carbocycles. The van der Waals surface area contributed by atoms with Gasteiger partial charge in [-0.2, -0.15) is 0 Å². The Labute approximate surface area is 347 Å². The van der Waals surface area contributed by atoms with E-state index in [9.17, 15) is 0 Å². The smallest absolute Gasteiger partial charge is 0.164 e. The summed E-state index contributed by atoms with van der Waals surface area (Å²) in [5.41, 5.74) is 12.0. The molecule has 0 bridgehead atoms. The first-order chi connectivity index (χ1) is 29.7. The van der Waals surface area contributed by atoms with Crippen molar-refractivity contribution >= 4 is 49.8 Å². The van der Waals surface area contributed by atoms with Crippen LogP contribution in [0.3, 0.4) is 0 Å². The number of nitrogens with zero attached hydrogens (tertiary/aromatic N) is 4. The van der Waals surface area contributed by atoms with Crippen molar-refractivity contribution in [2.45, 2.75) is 0 Å². The highest BCUT2D eigenvalue weighted by molar-refractivity contribution is 6.12. The third kappa shape index (κ3) is 6.54. The Morgan fingerprint density at radius 1 is 0.317 bits per heavy atom. The molecule has 2 heterocycles. The van der Waals surface area contributed by atoms with Crippen LogP contribution in [0.1, 0.15) is 0 Å². The quantitative estimate of drug-likeness (QED) is 0.154. The van der Waals surface area contributed by atoms with Gasteiger partial charge >= 0.3 is 0 Å². The van der Waals surface area contributed by atoms with E-state index in [0.717, 1.165) is 66.8 Å². The summed E-state index contributed by atoms with van der Waals surface area (Å²) >= 11 is 0. The van der Waals surface area contributed by atoms with Gasteiger partial charge in [0.25, 0.3) is 0 Å². The SMILES string of the molecule is c1ccc(-c2ccc(N(c3ccc(-c4ccc5ccccc5c4)cc3)c3ccc4c(c3)oc3cccc(-c5nc(-c6ccccc6)nc(-c6ccccc6)n5)c34)cc2)cc1. The molecule has 0 radical (unpaired) electrons. The van der Waals surface area contributed by atoms with Crippen LogP contribution in [0.25, 0.3) is 89.1 Å². The van der Waals surface area contributed by atoms with E-state index >= 15 is 0 Å². The third-order valence-corrected chi connectivity index (χ3v) is 11.1. The predicted molar refractivity (Wildman–Crippen MR) is 246 cm³/mol. The maximum absolute atomic E-state index is 6.70. The number of hydrogen-bond donors (Lipinski definition) is 0. The van der Waals surface area contributed by atoms with E-state index in [1.54, 1.807) is 0 Å². The second-order valence-electron chi connectivity index (χ2n) is 14.9. The molecule has 0 saturated carbocycles. The molecule has 11 aromatic rings. The lowest BCUT2D eigenvalue weighted by Crippen LogP contribution is -2.09. The number of anilines is 3. The van der Waals surface area contributed by atoms with Crippen molar-refractivity contribution in [2.24, 2.45) is 0 Å². The lowest BCUT2D eigenvalue weighted by atomic mass is 10.0. The third-order valence-electron chi connectivity index (χ3n) is 11.1. The molecule has 0 unspecified atom stereocenters. The molecule has 0 amide bonds. The van der Waals surface area contributed by atoms with Gasteiger partial charge < -0.3 is 9.32 Å². The fourth-order valence-corrected chi connectivity index (χ4v) is 8.12. The van der Waals surface area contributed by atoms with Gasteiger partial charge in [-0.3, -0.25) is 0 Å². The largest absolute Gasteiger partial charge is 0.456 e. The fraction of sp³-hybridized carbons (Fsp3) is 0. The van der Waals surface area contributed by atoms with Gasteiger partial charge in [-0.1, -0.05) is 164 Å². The van der Waals surface area contributed by atoms with Gasteiger partial charge in [-0.05, 0) is 81.6 Å². The standard InChI is InChI=1S/C55H36N4O/c1-4-13-37(14-5-1)39-25-29-45(30-26-39)59(46-31-27-40(28-32-46)44-24-23-38-15-10-11-20-43(38)35-44)47-33-34-48-51(36-47)60-50-22-12-21-49(52(48)50)55-57-53(41-16-6-2-7-17-41)56-54(58-55)42-18-8-3-9-19-42/h1-36H. The minimum Gasteiger partial charge on any atom is -0.456 e. The van der Waals surface area contributed by atoms with Crippen LogP contribution in [-0.4, -0.2) is 15.0 Å². The van der Waals surface area contributed by atoms with E-state index in [-0.39, 0.29) is 0 Å². The predicted octanol–water partition coefficient (Wildman–Crippen LogP) is 14.7. The Bertz CT molecular complexity index is 3230. The zero-order valence-corrected chi connectivity index (χ0v) is 32.5. The summed E-state index contributed by atoms with van der Waals surface area (Å²) < 4.78 is 6.70. The Morgan fingerprint density at radius 3 is 1.45 bits per heavy atom. The van der Waals surface area contributed by atoms with Gasteiger partial charge in [0, 0.05) is 50.6 Å². The molecule has 11 rings (SSSR count). The van der Waals surface area contributed by atoms with Crippen LogP contribution >= 0.6 is 0 Å². The molecule has 0 saturated heterocycles. The van der Waals surface area contributed by atoms with Gasteiger partial charge in [-0.25, -0.2) is 15.0 Å². The molecule has 0 aliphatic rings. The molecule has 5 heteroatoms. The molecule has 282 valence electrons. The first-order valence-electron chi connectivity index (χ1n) is 20.1. The monoisotopic (exact) mass is 768 g/mol. The van der Waals surface area contributed by atoms with E-state index in [0.29, 0.717) is 17.5 Å². The van der Waals surface area contributed by atoms with E-state index in [1.807, 2.05) is 78.9 Å². The van der Waals surface area contributed by atoms with Crippen molar-refractivity contribution in [1.29, 1.82) is 0 Å². The summed E-state index contributed by atoms with van der Waals surface area (Å²) in [6.07, 6.45) is 0. The van der Waals surface area contributed by atoms with Crippen LogP contribution in [0.2, 0.25) is 0 Å². The Balaban J connectivity index is 1.03. The molecule has 5 nitrogen and oxygen atoms in total. The van der Waals surface area contributed by atoms with Crippen LogP contribution in [-0.2, 0) is 0 Å². The number of fused-ring (bicyclic) bond motifs is 4. The van der Waals surface area contributed by atoms with E-state index in [1.165, 1.54) is 21.9 Å². The summed E-state index contributed by atoms with van der Waals surface area (Å²) in [4.78, 5) is 17.3. The number of rotatable bonds is 8. The van der Waals surface area contributed by atoms with Crippen molar-refractivity contribution in [3.63, 3.8) is 0 Å². The first kappa shape index (κ1) is 35.0. The van der Waals surface area contributed by atoms with Crippen molar-refractivity contribution in [1.82, 2.24) is 15.0 Å². The zero-order chi connectivity index (χ0) is 39.8. The molecule has 2 aromatic heterocycles. The van der Waals surface area contributed by atoms with Gasteiger partial charge in [0.05, 0.1) is 0 Å². The molecule has 0 aliphatic heterocycles. The Morgan fingerprint density at radius 2 is 0.817 bits per heavy atom. The molecule has 0 aliphatic carbocycles. The van der Waals surface area contributed by atoms with Crippen LogP contribution in [0, 0.1) is 0 Å². The minimum atomic E-state index is 0.590. The van der Waals surface area contributed by atoms with Crippen LogP contribution in [0.5, 0.6) is 0 Å². The normalized spacial score (nSPS) is 11.3. The Kier molecular flexibility index (Phi) is 8.75. The molecular formula is C55H36N4O. The number of furan rings is 1. The number of hydrogen-bond acceptors (Lipinski definition) is 5. The van der Waals surface area contributed by atoms with Gasteiger partial charge in [0.2, 0.25) is 0 Å². The van der Waals surface area contributed by atoms with E-state index < -0.39 is 0 Å². The highest BCUT2D eigenvalue weighted by Gasteiger charge is 2.20. The van der Waals surface area contributed by atoms with Crippen molar-refractivity contribution in [2.75, 3.05) is 4.90 Å². The maximum Gasteiger partial charge on any atom is 0.164 e. The highest BCUT2D eigenvalue weighted by atomic mass is 16.3. The second kappa shape index (κ2) is 15.0. The van der Waals surface area contributed by atoms with Gasteiger partial charge in [0.1, 0.15) is 11.2 Å². The lowest BCUT2D eigenvalue weighted by molar-refractivity contribution is 0.669. The molecule has 60 heavy (non-hydrogen) atoms. The van der Waals surface area contributed by atoms with Crippen LogP contribution < -0.4 is 4.90 Å². The zero-order valence-electron chi connectivity index (χ0n) is 32.5. The molecule has 0 atom stereocenters. The summed E-state index contributed by atoms with van der Waals surface area (Å²) in [6, 6.07) is 75.9. The average Bonchev–Trinajstić information content (AvgIpc) is 3.71. The molecule has 0 spiro atoms. The van der Waals surface area contributed by atoms with Crippen molar-refractivity contribution < 1.29 is 4.42 Å². The molecular weight excluding hydrogens is 733 g/mol. The van der Waals surface area contributed by atoms with Crippen molar-refractivity contribution in [3.05, 3.63) is 218 Å². The average molecular weight is 769 g/mol. The number of benzene rings is 9. The summed E-state index contributed by atoms with van der Waals surface area (Å²) in [6.45, 7) is 0. The second-order valence-corrected chi connectivity index (χ2v) is 14.9. The summed E-state index contributed by atoms with van der Waals surface area (Å²) in [5.74, 6) is 1.82. The maximum atomic E-state index is 6.70. The fourth-order valence-electron chi connectivity index (χ4n) is 8.12. The Hall–Kier alpha value is -8.15. The van der Waals surface area contributed by atoms with Crippen LogP contribution in [0.4, 0.5) is 17.1 Å². The van der Waals surface area contributed by atoms with E-state index in [4.69, 9.17) is 19.4 Å². The van der Waals surface area contributed by atoms with Crippen LogP contribution in [0.15, 0.2) is 223 Å². The topological polar surface area (TPSA) is 55.1 Å².